The molecule has 1 aliphatic carbocycles. The number of fused-ring (bicyclic) bond motifs is 1. The van der Waals surface area contributed by atoms with E-state index >= 15 is 0 Å². The van der Waals surface area contributed by atoms with Crippen molar-refractivity contribution in [1.29, 1.82) is 0 Å². The van der Waals surface area contributed by atoms with Crippen LogP contribution in [-0.2, 0) is 16.0 Å². The number of anilines is 1. The van der Waals surface area contributed by atoms with Crippen LogP contribution in [0.3, 0.4) is 0 Å². The molecule has 7 heteroatoms. The molecule has 0 unspecified atom stereocenters. The fourth-order valence-electron chi connectivity index (χ4n) is 3.63. The number of hydrogen-bond acceptors (Lipinski definition) is 5. The number of Topliss-reactive ketones (excluding diaryl/α,β-unsaturated/α-hetero) is 1. The third kappa shape index (κ3) is 3.19. The predicted molar refractivity (Wildman–Crippen MR) is 104 cm³/mol. The van der Waals surface area contributed by atoms with E-state index in [1.165, 1.54) is 18.5 Å². The van der Waals surface area contributed by atoms with Crippen molar-refractivity contribution in [2.75, 3.05) is 31.1 Å². The molecule has 0 radical (unpaired) electrons. The van der Waals surface area contributed by atoms with Crippen molar-refractivity contribution in [2.45, 2.75) is 6.42 Å². The number of amides is 1. The van der Waals surface area contributed by atoms with Gasteiger partial charge in [0, 0.05) is 49.3 Å². The molecule has 0 spiro atoms. The largest absolute Gasteiger partial charge is 0.353 e. The van der Waals surface area contributed by atoms with E-state index in [9.17, 15) is 14.0 Å². The summed E-state index contributed by atoms with van der Waals surface area (Å²) < 4.78 is 14.2. The molecule has 1 aromatic heterocycles. The Bertz CT molecular complexity index is 994. The smallest absolute Gasteiger partial charge is 0.246 e. The number of benzene rings is 1. The zero-order valence-electron chi connectivity index (χ0n) is 15.3. The van der Waals surface area contributed by atoms with Gasteiger partial charge in [0.25, 0.3) is 0 Å². The van der Waals surface area contributed by atoms with Crippen LogP contribution >= 0.6 is 0 Å². The number of allylic oxidation sites excluding steroid dienone is 1. The second-order valence-corrected chi connectivity index (χ2v) is 6.72. The fourth-order valence-corrected chi connectivity index (χ4v) is 3.63. The van der Waals surface area contributed by atoms with Crippen LogP contribution in [0.5, 0.6) is 0 Å². The standard InChI is InChI=1S/C21H19FN4O2/c1-2-20(28)25-7-9-26(10-8-25)21-16-12-19(27)15(11-18(16)23-13-24-21)14-5-3-4-6-17(14)22/h2-6,11,13H,1,7-10,12H2. The minimum atomic E-state index is -0.428. The van der Waals surface area contributed by atoms with Crippen molar-refractivity contribution < 1.29 is 14.0 Å². The van der Waals surface area contributed by atoms with Crippen LogP contribution in [0, 0.1) is 5.82 Å². The summed E-state index contributed by atoms with van der Waals surface area (Å²) in [5.74, 6) is 0.0295. The van der Waals surface area contributed by atoms with Crippen molar-refractivity contribution in [3.8, 4) is 0 Å². The SMILES string of the molecule is C=CC(=O)N1CCN(c2ncnc3c2CC(=O)C(c2ccccc2F)=C3)CC1. The Kier molecular flexibility index (Phi) is 4.73. The van der Waals surface area contributed by atoms with Gasteiger partial charge in [0.05, 0.1) is 5.69 Å². The molecule has 1 saturated heterocycles. The summed E-state index contributed by atoms with van der Waals surface area (Å²) in [5, 5.41) is 0. The number of aromatic nitrogens is 2. The van der Waals surface area contributed by atoms with Gasteiger partial charge >= 0.3 is 0 Å². The van der Waals surface area contributed by atoms with Crippen LogP contribution in [0.4, 0.5) is 10.2 Å². The Balaban J connectivity index is 1.64. The first-order valence-corrected chi connectivity index (χ1v) is 9.08. The third-order valence-corrected chi connectivity index (χ3v) is 5.10. The molecule has 1 fully saturated rings. The third-order valence-electron chi connectivity index (χ3n) is 5.10. The van der Waals surface area contributed by atoms with Crippen molar-refractivity contribution in [1.82, 2.24) is 14.9 Å². The first kappa shape index (κ1) is 18.0. The molecule has 2 aliphatic rings. The Hall–Kier alpha value is -3.35. The van der Waals surface area contributed by atoms with Gasteiger partial charge in [-0.15, -0.1) is 0 Å². The Morgan fingerprint density at radius 3 is 2.61 bits per heavy atom. The van der Waals surface area contributed by atoms with Crippen LogP contribution in [-0.4, -0.2) is 52.7 Å². The molecule has 28 heavy (non-hydrogen) atoms. The average molecular weight is 378 g/mol. The van der Waals surface area contributed by atoms with Crippen LogP contribution < -0.4 is 4.90 Å². The molecule has 1 amide bonds. The zero-order chi connectivity index (χ0) is 19.7. The van der Waals surface area contributed by atoms with E-state index in [0.29, 0.717) is 43.3 Å². The molecular weight excluding hydrogens is 359 g/mol. The normalized spacial score (nSPS) is 16.5. The first-order valence-electron chi connectivity index (χ1n) is 9.08. The number of rotatable bonds is 3. The summed E-state index contributed by atoms with van der Waals surface area (Å²) in [4.78, 5) is 37.0. The predicted octanol–water partition coefficient (Wildman–Crippen LogP) is 2.12. The molecule has 0 bridgehead atoms. The maximum absolute atomic E-state index is 14.2. The highest BCUT2D eigenvalue weighted by Gasteiger charge is 2.28. The summed E-state index contributed by atoms with van der Waals surface area (Å²) in [6, 6.07) is 6.24. The van der Waals surface area contributed by atoms with E-state index in [1.807, 2.05) is 0 Å². The van der Waals surface area contributed by atoms with E-state index in [-0.39, 0.29) is 23.7 Å². The zero-order valence-corrected chi connectivity index (χ0v) is 15.3. The van der Waals surface area contributed by atoms with Gasteiger partial charge in [0.2, 0.25) is 5.91 Å². The van der Waals surface area contributed by atoms with E-state index in [0.717, 1.165) is 5.56 Å². The lowest BCUT2D eigenvalue weighted by Crippen LogP contribution is -2.49. The van der Waals surface area contributed by atoms with E-state index < -0.39 is 5.82 Å². The number of carbonyl (C=O) groups excluding carboxylic acids is 2. The summed E-state index contributed by atoms with van der Waals surface area (Å²) in [6.45, 7) is 5.87. The highest BCUT2D eigenvalue weighted by atomic mass is 19.1. The van der Waals surface area contributed by atoms with Crippen molar-refractivity contribution in [3.63, 3.8) is 0 Å². The minimum Gasteiger partial charge on any atom is -0.353 e. The molecule has 2 heterocycles. The lowest BCUT2D eigenvalue weighted by atomic mass is 9.90. The number of carbonyl (C=O) groups is 2. The van der Waals surface area contributed by atoms with Gasteiger partial charge in [0.1, 0.15) is 18.0 Å². The molecule has 6 nitrogen and oxygen atoms in total. The number of ketones is 1. The highest BCUT2D eigenvalue weighted by Crippen LogP contribution is 2.32. The molecule has 1 aromatic carbocycles. The van der Waals surface area contributed by atoms with Gasteiger partial charge in [-0.05, 0) is 18.2 Å². The van der Waals surface area contributed by atoms with Gasteiger partial charge in [-0.3, -0.25) is 9.59 Å². The monoisotopic (exact) mass is 378 g/mol. The summed E-state index contributed by atoms with van der Waals surface area (Å²) in [5.41, 5.74) is 2.00. The Morgan fingerprint density at radius 2 is 1.89 bits per heavy atom. The van der Waals surface area contributed by atoms with Gasteiger partial charge in [-0.1, -0.05) is 24.8 Å². The fraction of sp³-hybridized carbons (Fsp3) is 0.238. The number of halogens is 1. The second kappa shape index (κ2) is 7.34. The van der Waals surface area contributed by atoms with Crippen molar-refractivity contribution >= 4 is 29.2 Å². The maximum Gasteiger partial charge on any atom is 0.246 e. The first-order chi connectivity index (χ1) is 13.6. The molecule has 0 atom stereocenters. The van der Waals surface area contributed by atoms with Gasteiger partial charge in [-0.2, -0.15) is 0 Å². The minimum absolute atomic E-state index is 0.0861. The highest BCUT2D eigenvalue weighted by molar-refractivity contribution is 6.27. The molecule has 4 rings (SSSR count). The number of piperazine rings is 1. The van der Waals surface area contributed by atoms with Crippen LogP contribution in [0.2, 0.25) is 0 Å². The van der Waals surface area contributed by atoms with Gasteiger partial charge in [0.15, 0.2) is 5.78 Å². The van der Waals surface area contributed by atoms with Crippen molar-refractivity contribution in [2.24, 2.45) is 0 Å². The van der Waals surface area contributed by atoms with Crippen LogP contribution in [0.15, 0.2) is 43.2 Å². The van der Waals surface area contributed by atoms with E-state index in [2.05, 4.69) is 21.4 Å². The molecule has 0 N–H and O–H groups in total. The lowest BCUT2D eigenvalue weighted by Gasteiger charge is -2.36. The van der Waals surface area contributed by atoms with Crippen molar-refractivity contribution in [3.05, 3.63) is 65.9 Å². The molecule has 1 aliphatic heterocycles. The summed E-state index contributed by atoms with van der Waals surface area (Å²) in [6.07, 6.45) is 4.54. The van der Waals surface area contributed by atoms with Crippen LogP contribution in [0.25, 0.3) is 11.6 Å². The Labute approximate surface area is 162 Å². The summed E-state index contributed by atoms with van der Waals surface area (Å²) >= 11 is 0. The van der Waals surface area contributed by atoms with Crippen LogP contribution in [0.1, 0.15) is 16.8 Å². The number of nitrogens with zero attached hydrogens (tertiary/aromatic N) is 4. The van der Waals surface area contributed by atoms with Gasteiger partial charge < -0.3 is 9.80 Å². The van der Waals surface area contributed by atoms with Gasteiger partial charge in [-0.25, -0.2) is 14.4 Å². The quantitative estimate of drug-likeness (QED) is 0.766. The topological polar surface area (TPSA) is 66.4 Å². The average Bonchev–Trinajstić information content (AvgIpc) is 2.73. The Morgan fingerprint density at radius 1 is 1.14 bits per heavy atom. The molecule has 2 aromatic rings. The molecule has 0 saturated carbocycles. The van der Waals surface area contributed by atoms with E-state index in [4.69, 9.17) is 0 Å². The van der Waals surface area contributed by atoms with E-state index in [1.54, 1.807) is 29.2 Å². The number of hydrogen-bond donors (Lipinski definition) is 0. The summed E-state index contributed by atoms with van der Waals surface area (Å²) in [7, 11) is 0. The lowest BCUT2D eigenvalue weighted by molar-refractivity contribution is -0.126. The molecule has 142 valence electrons. The maximum atomic E-state index is 14.2. The molecular formula is C21H19FN4O2. The second-order valence-electron chi connectivity index (χ2n) is 6.72.